The highest BCUT2D eigenvalue weighted by molar-refractivity contribution is 7.91. The minimum absolute atomic E-state index is 0.168. The molecule has 0 fully saturated rings. The van der Waals surface area contributed by atoms with Gasteiger partial charge in [0.25, 0.3) is 0 Å². The summed E-state index contributed by atoms with van der Waals surface area (Å²) in [5.41, 5.74) is 3.73. The van der Waals surface area contributed by atoms with Crippen molar-refractivity contribution in [1.29, 1.82) is 0 Å². The van der Waals surface area contributed by atoms with Crippen LogP contribution >= 0.6 is 0 Å². The van der Waals surface area contributed by atoms with Crippen LogP contribution in [0.15, 0.2) is 70.7 Å². The van der Waals surface area contributed by atoms with Crippen molar-refractivity contribution in [1.82, 2.24) is 4.98 Å². The molecule has 0 radical (unpaired) electrons. The number of nitrogens with one attached hydrogen (secondary N) is 1. The quantitative estimate of drug-likeness (QED) is 0.593. The molecule has 2 aromatic carbocycles. The molecule has 0 amide bonds. The maximum Gasteiger partial charge on any atom is 0.337 e. The molecule has 160 valence electrons. The summed E-state index contributed by atoms with van der Waals surface area (Å²) in [5, 5.41) is 12.6. The molecule has 0 unspecified atom stereocenters. The Bertz CT molecular complexity index is 1240. The van der Waals surface area contributed by atoms with Crippen molar-refractivity contribution in [3.05, 3.63) is 83.2 Å². The van der Waals surface area contributed by atoms with Crippen LogP contribution in [0.5, 0.6) is 0 Å². The van der Waals surface area contributed by atoms with Crippen molar-refractivity contribution in [2.24, 2.45) is 0 Å². The Morgan fingerprint density at radius 3 is 2.74 bits per heavy atom. The van der Waals surface area contributed by atoms with Crippen molar-refractivity contribution in [3.63, 3.8) is 0 Å². The predicted octanol–water partition coefficient (Wildman–Crippen LogP) is 4.45. The van der Waals surface area contributed by atoms with E-state index in [2.05, 4.69) is 10.3 Å². The number of carboxylic acid groups (broad SMARTS) is 1. The van der Waals surface area contributed by atoms with E-state index < -0.39 is 15.8 Å². The van der Waals surface area contributed by atoms with Gasteiger partial charge in [-0.15, -0.1) is 0 Å². The number of aromatic nitrogens is 1. The van der Waals surface area contributed by atoms with Gasteiger partial charge in [0.05, 0.1) is 27.2 Å². The molecule has 1 aromatic heterocycles. The molecule has 31 heavy (non-hydrogen) atoms. The number of carboxylic acids is 1. The van der Waals surface area contributed by atoms with Gasteiger partial charge < -0.3 is 10.4 Å². The third kappa shape index (κ3) is 4.32. The summed E-state index contributed by atoms with van der Waals surface area (Å²) in [6.45, 7) is 2.43. The van der Waals surface area contributed by atoms with Crippen molar-refractivity contribution < 1.29 is 18.3 Å². The Morgan fingerprint density at radius 2 is 1.97 bits per heavy atom. The highest BCUT2D eigenvalue weighted by Gasteiger charge is 2.24. The molecule has 1 atom stereocenters. The number of anilines is 1. The fraction of sp³-hybridized carbons (Fsp3) is 0.250. The molecule has 0 saturated carbocycles. The van der Waals surface area contributed by atoms with Crippen LogP contribution in [-0.4, -0.2) is 31.0 Å². The maximum atomic E-state index is 13.1. The molecule has 1 aliphatic rings. The van der Waals surface area contributed by atoms with Crippen LogP contribution in [0.4, 0.5) is 5.69 Å². The van der Waals surface area contributed by atoms with Crippen molar-refractivity contribution in [2.75, 3.05) is 11.9 Å². The average Bonchev–Trinajstić information content (AvgIpc) is 2.77. The number of sulfone groups is 1. The number of hydrogen-bond donors (Lipinski definition) is 2. The van der Waals surface area contributed by atoms with E-state index in [4.69, 9.17) is 0 Å². The number of fused-ring (bicyclic) bond motifs is 1. The number of benzene rings is 2. The first-order valence-corrected chi connectivity index (χ1v) is 11.7. The van der Waals surface area contributed by atoms with Crippen LogP contribution < -0.4 is 5.32 Å². The first kappa shape index (κ1) is 21.1. The third-order valence-corrected chi connectivity index (χ3v) is 7.50. The van der Waals surface area contributed by atoms with Gasteiger partial charge in [0.1, 0.15) is 0 Å². The summed E-state index contributed by atoms with van der Waals surface area (Å²) >= 11 is 0. The van der Waals surface area contributed by atoms with E-state index >= 15 is 0 Å². The Morgan fingerprint density at radius 1 is 1.16 bits per heavy atom. The molecule has 4 rings (SSSR count). The van der Waals surface area contributed by atoms with E-state index in [1.165, 1.54) is 18.5 Å². The second kappa shape index (κ2) is 8.51. The van der Waals surface area contributed by atoms with Gasteiger partial charge in [0.15, 0.2) is 0 Å². The Hall–Kier alpha value is -3.19. The van der Waals surface area contributed by atoms with Crippen LogP contribution in [0.1, 0.15) is 45.8 Å². The van der Waals surface area contributed by atoms with Crippen LogP contribution in [0.2, 0.25) is 0 Å². The van der Waals surface area contributed by atoms with Gasteiger partial charge in [-0.25, -0.2) is 13.2 Å². The minimum atomic E-state index is -3.57. The predicted molar refractivity (Wildman–Crippen MR) is 118 cm³/mol. The molecule has 0 saturated heterocycles. The van der Waals surface area contributed by atoms with E-state index in [9.17, 15) is 18.3 Å². The highest BCUT2D eigenvalue weighted by Crippen LogP contribution is 2.34. The molecule has 6 nitrogen and oxygen atoms in total. The average molecular weight is 437 g/mol. The summed E-state index contributed by atoms with van der Waals surface area (Å²) in [6, 6.07) is 13.8. The SMILES string of the molecule is Cc1cccc(S(=O)(=O)c2ccc3c(c2)CCC[C@@H]3CNc2cnccc2C(=O)O)c1. The Kier molecular flexibility index (Phi) is 5.78. The number of hydrogen-bond acceptors (Lipinski definition) is 5. The summed E-state index contributed by atoms with van der Waals surface area (Å²) in [6.07, 6.45) is 5.71. The van der Waals surface area contributed by atoms with Gasteiger partial charge in [0, 0.05) is 18.7 Å². The molecule has 1 aliphatic carbocycles. The molecular formula is C24H24N2O4S. The van der Waals surface area contributed by atoms with Crippen LogP contribution in [0, 0.1) is 6.92 Å². The van der Waals surface area contributed by atoms with Crippen molar-refractivity contribution in [2.45, 2.75) is 41.9 Å². The summed E-state index contributed by atoms with van der Waals surface area (Å²) < 4.78 is 26.2. The summed E-state index contributed by atoms with van der Waals surface area (Å²) in [5.74, 6) is -0.832. The number of nitrogens with zero attached hydrogens (tertiary/aromatic N) is 1. The van der Waals surface area contributed by atoms with Crippen molar-refractivity contribution in [3.8, 4) is 0 Å². The van der Waals surface area contributed by atoms with E-state index in [-0.39, 0.29) is 11.5 Å². The second-order valence-corrected chi connectivity index (χ2v) is 9.83. The molecule has 0 spiro atoms. The number of pyridine rings is 1. The van der Waals surface area contributed by atoms with E-state index in [0.29, 0.717) is 22.0 Å². The lowest BCUT2D eigenvalue weighted by Gasteiger charge is -2.27. The fourth-order valence-corrected chi connectivity index (χ4v) is 5.56. The highest BCUT2D eigenvalue weighted by atomic mass is 32.2. The van der Waals surface area contributed by atoms with Crippen LogP contribution in [-0.2, 0) is 16.3 Å². The number of carbonyl (C=O) groups is 1. The van der Waals surface area contributed by atoms with E-state index in [1.54, 1.807) is 30.3 Å². The van der Waals surface area contributed by atoms with Gasteiger partial charge in [-0.05, 0) is 73.2 Å². The first-order valence-electron chi connectivity index (χ1n) is 10.2. The van der Waals surface area contributed by atoms with Gasteiger partial charge >= 0.3 is 5.97 Å². The minimum Gasteiger partial charge on any atom is -0.478 e. The van der Waals surface area contributed by atoms with Crippen LogP contribution in [0.25, 0.3) is 0 Å². The normalized spacial score (nSPS) is 15.8. The van der Waals surface area contributed by atoms with Gasteiger partial charge in [-0.2, -0.15) is 0 Å². The molecule has 0 bridgehead atoms. The van der Waals surface area contributed by atoms with E-state index in [0.717, 1.165) is 36.0 Å². The van der Waals surface area contributed by atoms with E-state index in [1.807, 2.05) is 19.1 Å². The lowest BCUT2D eigenvalue weighted by atomic mass is 9.83. The second-order valence-electron chi connectivity index (χ2n) is 7.88. The smallest absolute Gasteiger partial charge is 0.337 e. The molecule has 1 heterocycles. The molecular weight excluding hydrogens is 412 g/mol. The van der Waals surface area contributed by atoms with Gasteiger partial charge in [0.2, 0.25) is 9.84 Å². The monoisotopic (exact) mass is 436 g/mol. The zero-order valence-corrected chi connectivity index (χ0v) is 18.0. The maximum absolute atomic E-state index is 13.1. The van der Waals surface area contributed by atoms with Crippen LogP contribution in [0.3, 0.4) is 0 Å². The third-order valence-electron chi connectivity index (χ3n) is 5.75. The standard InChI is InChI=1S/C24H24N2O4S/c1-16-4-2-7-19(12-16)31(29,30)20-8-9-21-17(13-20)5-3-6-18(21)14-26-23-15-25-11-10-22(23)24(27)28/h2,4,7-13,15,18,26H,3,5-6,14H2,1H3,(H,27,28)/t18-/m1/s1. The summed E-state index contributed by atoms with van der Waals surface area (Å²) in [7, 11) is -3.57. The molecule has 2 N–H and O–H groups in total. The molecule has 7 heteroatoms. The van der Waals surface area contributed by atoms with Gasteiger partial charge in [-0.3, -0.25) is 4.98 Å². The number of rotatable bonds is 6. The van der Waals surface area contributed by atoms with Crippen molar-refractivity contribution >= 4 is 21.5 Å². The first-order chi connectivity index (χ1) is 14.9. The fourth-order valence-electron chi connectivity index (χ4n) is 4.14. The number of aromatic carboxylic acids is 1. The number of aryl methyl sites for hydroxylation is 2. The Labute approximate surface area is 181 Å². The lowest BCUT2D eigenvalue weighted by molar-refractivity contribution is 0.0697. The lowest BCUT2D eigenvalue weighted by Crippen LogP contribution is -2.19. The largest absolute Gasteiger partial charge is 0.478 e. The zero-order valence-electron chi connectivity index (χ0n) is 17.2. The van der Waals surface area contributed by atoms with Gasteiger partial charge in [-0.1, -0.05) is 18.2 Å². The molecule has 0 aliphatic heterocycles. The zero-order chi connectivity index (χ0) is 22.0. The Balaban J connectivity index is 1.59. The molecule has 3 aromatic rings. The summed E-state index contributed by atoms with van der Waals surface area (Å²) in [4.78, 5) is 16.0. The topological polar surface area (TPSA) is 96.4 Å².